The molecule has 0 saturated heterocycles. The summed E-state index contributed by atoms with van der Waals surface area (Å²) in [5, 5.41) is 14.7. The van der Waals surface area contributed by atoms with E-state index in [9.17, 15) is 18.5 Å². The molecule has 0 heterocycles. The first kappa shape index (κ1) is 17.9. The Morgan fingerprint density at radius 3 is 2.42 bits per heavy atom. The maximum absolute atomic E-state index is 12.2. The summed E-state index contributed by atoms with van der Waals surface area (Å²) < 4.78 is 24.3. The molecule has 7 nitrogen and oxygen atoms in total. The molecule has 126 valence electrons. The van der Waals surface area contributed by atoms with Gasteiger partial charge in [0.05, 0.1) is 15.5 Å². The van der Waals surface area contributed by atoms with Gasteiger partial charge in [-0.2, -0.15) is 18.4 Å². The summed E-state index contributed by atoms with van der Waals surface area (Å²) in [4.78, 5) is 12.5. The van der Waals surface area contributed by atoms with Crippen molar-refractivity contribution in [2.24, 2.45) is 5.10 Å². The van der Waals surface area contributed by atoms with Gasteiger partial charge >= 0.3 is 0 Å². The number of nitrogens with zero attached hydrogens (tertiary/aromatic N) is 2. The summed E-state index contributed by atoms with van der Waals surface area (Å²) in [6, 6.07) is 10.4. The van der Waals surface area contributed by atoms with Crippen molar-refractivity contribution in [3.63, 3.8) is 0 Å². The number of hydrogen-bond acceptors (Lipinski definition) is 5. The normalized spacial score (nSPS) is 12.0. The molecule has 1 N–H and O–H groups in total. The van der Waals surface area contributed by atoms with E-state index in [1.165, 1.54) is 37.3 Å². The first-order valence-corrected chi connectivity index (χ1v) is 8.64. The molecule has 0 radical (unpaired) electrons. The summed E-state index contributed by atoms with van der Waals surface area (Å²) >= 11 is 5.75. The van der Waals surface area contributed by atoms with Gasteiger partial charge in [-0.05, 0) is 32.0 Å². The molecule has 2 aromatic rings. The minimum Gasteiger partial charge on any atom is -0.258 e. The first-order chi connectivity index (χ1) is 11.2. The molecule has 9 heteroatoms. The lowest BCUT2D eigenvalue weighted by atomic mass is 10.1. The predicted octanol–water partition coefficient (Wildman–Crippen LogP) is 3.26. The van der Waals surface area contributed by atoms with Crippen LogP contribution in [0.3, 0.4) is 0 Å². The molecular weight excluding hydrogens is 354 g/mol. The van der Waals surface area contributed by atoms with E-state index in [0.29, 0.717) is 5.56 Å². The van der Waals surface area contributed by atoms with Gasteiger partial charge in [-0.25, -0.2) is 0 Å². The molecule has 0 unspecified atom stereocenters. The van der Waals surface area contributed by atoms with Gasteiger partial charge in [0.15, 0.2) is 0 Å². The molecule has 0 atom stereocenters. The minimum absolute atomic E-state index is 0.00298. The molecule has 2 aromatic carbocycles. The standard InChI is InChI=1S/C15H14ClN3O4S/c1-10-3-6-13(7-4-10)24(22,23)18-17-11(2)12-5-8-14(16)15(9-12)19(20)21/h3-9,18H,1-2H3/b17-11-. The predicted molar refractivity (Wildman–Crippen MR) is 91.8 cm³/mol. The summed E-state index contributed by atoms with van der Waals surface area (Å²) in [7, 11) is -3.81. The Balaban J connectivity index is 2.27. The van der Waals surface area contributed by atoms with Crippen molar-refractivity contribution in [3.8, 4) is 0 Å². The van der Waals surface area contributed by atoms with Gasteiger partial charge in [0.25, 0.3) is 15.7 Å². The van der Waals surface area contributed by atoms with Gasteiger partial charge < -0.3 is 0 Å². The molecule has 0 fully saturated rings. The summed E-state index contributed by atoms with van der Waals surface area (Å²) in [6.45, 7) is 3.38. The Bertz CT molecular complexity index is 909. The highest BCUT2D eigenvalue weighted by Gasteiger charge is 2.15. The highest BCUT2D eigenvalue weighted by atomic mass is 35.5. The monoisotopic (exact) mass is 367 g/mol. The van der Waals surface area contributed by atoms with Gasteiger partial charge in [-0.3, -0.25) is 10.1 Å². The van der Waals surface area contributed by atoms with Crippen LogP contribution in [0.4, 0.5) is 5.69 Å². The van der Waals surface area contributed by atoms with Crippen molar-refractivity contribution in [1.29, 1.82) is 0 Å². The van der Waals surface area contributed by atoms with Crippen LogP contribution in [0, 0.1) is 17.0 Å². The number of aryl methyl sites for hydroxylation is 1. The van der Waals surface area contributed by atoms with E-state index in [4.69, 9.17) is 11.6 Å². The van der Waals surface area contributed by atoms with Crippen LogP contribution in [0.15, 0.2) is 52.5 Å². The van der Waals surface area contributed by atoms with E-state index < -0.39 is 14.9 Å². The first-order valence-electron chi connectivity index (χ1n) is 6.78. The molecule has 0 bridgehead atoms. The molecule has 0 aliphatic rings. The molecule has 0 saturated carbocycles. The Morgan fingerprint density at radius 1 is 1.21 bits per heavy atom. The molecule has 0 spiro atoms. The Morgan fingerprint density at radius 2 is 1.83 bits per heavy atom. The van der Waals surface area contributed by atoms with Crippen LogP contribution < -0.4 is 4.83 Å². The van der Waals surface area contributed by atoms with Crippen LogP contribution in [-0.2, 0) is 10.0 Å². The molecule has 0 aliphatic carbocycles. The lowest BCUT2D eigenvalue weighted by molar-refractivity contribution is -0.384. The molecule has 0 aromatic heterocycles. The molecule has 0 aliphatic heterocycles. The summed E-state index contributed by atoms with van der Waals surface area (Å²) in [6.07, 6.45) is 0. The van der Waals surface area contributed by atoms with Gasteiger partial charge in [0.1, 0.15) is 5.02 Å². The van der Waals surface area contributed by atoms with E-state index in [1.807, 2.05) is 6.92 Å². The maximum atomic E-state index is 12.2. The third-order valence-electron chi connectivity index (χ3n) is 3.23. The number of benzene rings is 2. The van der Waals surface area contributed by atoms with Crippen molar-refractivity contribution < 1.29 is 13.3 Å². The number of hydrazone groups is 1. The summed E-state index contributed by atoms with van der Waals surface area (Å²) in [5.74, 6) is 0. The molecule has 0 amide bonds. The fourth-order valence-electron chi connectivity index (χ4n) is 1.84. The van der Waals surface area contributed by atoms with Crippen LogP contribution in [0.25, 0.3) is 0 Å². The Labute approximate surface area is 144 Å². The van der Waals surface area contributed by atoms with Gasteiger partial charge in [-0.15, -0.1) is 0 Å². The molecule has 2 rings (SSSR count). The second-order valence-electron chi connectivity index (χ2n) is 5.03. The number of hydrogen-bond donors (Lipinski definition) is 1. The van der Waals surface area contributed by atoms with Crippen LogP contribution in [0.5, 0.6) is 0 Å². The Hall–Kier alpha value is -2.45. The second-order valence-corrected chi connectivity index (χ2v) is 7.10. The fourth-order valence-corrected chi connectivity index (χ4v) is 2.88. The fraction of sp³-hybridized carbons (Fsp3) is 0.133. The van der Waals surface area contributed by atoms with Crippen LogP contribution in [-0.4, -0.2) is 19.1 Å². The number of sulfonamides is 1. The third-order valence-corrected chi connectivity index (χ3v) is 4.77. The van der Waals surface area contributed by atoms with E-state index in [2.05, 4.69) is 9.93 Å². The van der Waals surface area contributed by atoms with Crippen molar-refractivity contribution in [2.45, 2.75) is 18.7 Å². The number of nitro groups is 1. The van der Waals surface area contributed by atoms with E-state index in [-0.39, 0.29) is 21.3 Å². The van der Waals surface area contributed by atoms with Crippen molar-refractivity contribution in [1.82, 2.24) is 4.83 Å². The van der Waals surface area contributed by atoms with Gasteiger partial charge in [-0.1, -0.05) is 35.4 Å². The van der Waals surface area contributed by atoms with Crippen molar-refractivity contribution in [3.05, 3.63) is 68.7 Å². The van der Waals surface area contributed by atoms with Crippen molar-refractivity contribution in [2.75, 3.05) is 0 Å². The SMILES string of the molecule is C/C(=N/NS(=O)(=O)c1ccc(C)cc1)c1ccc(Cl)c([N+](=O)[O-])c1. The quantitative estimate of drug-likeness (QED) is 0.497. The minimum atomic E-state index is -3.81. The van der Waals surface area contributed by atoms with Crippen LogP contribution in [0.1, 0.15) is 18.1 Å². The number of rotatable bonds is 5. The van der Waals surface area contributed by atoms with E-state index in [1.54, 1.807) is 12.1 Å². The highest BCUT2D eigenvalue weighted by Crippen LogP contribution is 2.25. The zero-order valence-electron chi connectivity index (χ0n) is 12.9. The topological polar surface area (TPSA) is 102 Å². The second kappa shape index (κ2) is 6.98. The lowest BCUT2D eigenvalue weighted by Gasteiger charge is -2.06. The van der Waals surface area contributed by atoms with E-state index >= 15 is 0 Å². The van der Waals surface area contributed by atoms with Crippen molar-refractivity contribution >= 4 is 33.0 Å². The lowest BCUT2D eigenvalue weighted by Crippen LogP contribution is -2.20. The Kier molecular flexibility index (Phi) is 5.20. The number of nitrogens with one attached hydrogen (secondary N) is 1. The van der Waals surface area contributed by atoms with Gasteiger partial charge in [0.2, 0.25) is 0 Å². The zero-order valence-corrected chi connectivity index (χ0v) is 14.4. The van der Waals surface area contributed by atoms with E-state index in [0.717, 1.165) is 5.56 Å². The number of nitro benzene ring substituents is 1. The molecule has 24 heavy (non-hydrogen) atoms. The maximum Gasteiger partial charge on any atom is 0.288 e. The van der Waals surface area contributed by atoms with Crippen LogP contribution >= 0.6 is 11.6 Å². The largest absolute Gasteiger partial charge is 0.288 e. The highest BCUT2D eigenvalue weighted by molar-refractivity contribution is 7.89. The average Bonchev–Trinajstić information content (AvgIpc) is 2.53. The van der Waals surface area contributed by atoms with Crippen LogP contribution in [0.2, 0.25) is 5.02 Å². The number of halogens is 1. The third kappa shape index (κ3) is 4.09. The smallest absolute Gasteiger partial charge is 0.258 e. The molecular formula is C15H14ClN3O4S. The zero-order chi connectivity index (χ0) is 17.9. The van der Waals surface area contributed by atoms with Gasteiger partial charge in [0, 0.05) is 11.6 Å². The average molecular weight is 368 g/mol. The summed E-state index contributed by atoms with van der Waals surface area (Å²) in [5.41, 5.74) is 1.32.